The number of nitrogens with one attached hydrogen (secondary N) is 1. The van der Waals surface area contributed by atoms with Crippen molar-refractivity contribution in [3.05, 3.63) is 28.8 Å². The maximum Gasteiger partial charge on any atom is 0.258 e. The number of aromatic amines is 1. The molecule has 1 aliphatic heterocycles. The number of hydrogen-bond donors (Lipinski definition) is 2. The van der Waals surface area contributed by atoms with Gasteiger partial charge in [0.05, 0.1) is 47.8 Å². The molecule has 0 amide bonds. The fraction of sp³-hybridized carbons (Fsp3) is 0.308. The number of nitrogen functional groups attached to an aromatic ring is 1. The Morgan fingerprint density at radius 3 is 3.20 bits per heavy atom. The summed E-state index contributed by atoms with van der Waals surface area (Å²) in [5, 5.41) is 9.40. The highest BCUT2D eigenvalue weighted by Crippen LogP contribution is 2.28. The lowest BCUT2D eigenvalue weighted by Gasteiger charge is -2.32. The van der Waals surface area contributed by atoms with E-state index in [0.29, 0.717) is 36.3 Å². The first-order valence-corrected chi connectivity index (χ1v) is 6.22. The van der Waals surface area contributed by atoms with Crippen LogP contribution in [0.1, 0.15) is 0 Å². The second-order valence-corrected chi connectivity index (χ2v) is 4.59. The maximum absolute atomic E-state index is 11.7. The number of hydrogen-bond acceptors (Lipinski definition) is 6. The number of benzene rings is 1. The lowest BCUT2D eigenvalue weighted by Crippen LogP contribution is -2.42. The van der Waals surface area contributed by atoms with E-state index in [4.69, 9.17) is 15.7 Å². The molecule has 1 unspecified atom stereocenters. The molecule has 1 saturated heterocycles. The SMILES string of the molecule is N#CC1CN(c2cc3nc[nH]c(=O)c3cc2N)CCO1. The van der Waals surface area contributed by atoms with E-state index in [1.165, 1.54) is 6.33 Å². The van der Waals surface area contributed by atoms with Crippen LogP contribution in [0, 0.1) is 11.3 Å². The summed E-state index contributed by atoms with van der Waals surface area (Å²) in [6, 6.07) is 5.49. The van der Waals surface area contributed by atoms with E-state index in [1.807, 2.05) is 4.90 Å². The summed E-state index contributed by atoms with van der Waals surface area (Å²) in [6.07, 6.45) is 0.896. The van der Waals surface area contributed by atoms with Crippen LogP contribution in [0.3, 0.4) is 0 Å². The Labute approximate surface area is 114 Å². The van der Waals surface area contributed by atoms with Crippen LogP contribution < -0.4 is 16.2 Å². The van der Waals surface area contributed by atoms with Crippen molar-refractivity contribution in [2.75, 3.05) is 30.3 Å². The van der Waals surface area contributed by atoms with Gasteiger partial charge < -0.3 is 20.4 Å². The number of morpholine rings is 1. The third-order valence-corrected chi connectivity index (χ3v) is 3.34. The van der Waals surface area contributed by atoms with Crippen molar-refractivity contribution in [1.29, 1.82) is 5.26 Å². The first-order valence-electron chi connectivity index (χ1n) is 6.22. The molecule has 0 bridgehead atoms. The van der Waals surface area contributed by atoms with E-state index in [1.54, 1.807) is 12.1 Å². The molecule has 1 aromatic heterocycles. The van der Waals surface area contributed by atoms with Gasteiger partial charge >= 0.3 is 0 Å². The van der Waals surface area contributed by atoms with Crippen molar-refractivity contribution < 1.29 is 4.74 Å². The first kappa shape index (κ1) is 12.4. The Morgan fingerprint density at radius 2 is 2.40 bits per heavy atom. The fourth-order valence-electron chi connectivity index (χ4n) is 2.34. The minimum atomic E-state index is -0.467. The lowest BCUT2D eigenvalue weighted by molar-refractivity contribution is 0.0765. The maximum atomic E-state index is 11.7. The number of fused-ring (bicyclic) bond motifs is 1. The summed E-state index contributed by atoms with van der Waals surface area (Å²) in [5.41, 5.74) is 7.66. The zero-order valence-corrected chi connectivity index (χ0v) is 10.7. The molecule has 1 aromatic carbocycles. The van der Waals surface area contributed by atoms with Gasteiger partial charge in [0.1, 0.15) is 0 Å². The third-order valence-electron chi connectivity index (χ3n) is 3.34. The highest BCUT2D eigenvalue weighted by Gasteiger charge is 2.22. The molecule has 3 N–H and O–H groups in total. The van der Waals surface area contributed by atoms with Crippen LogP contribution in [-0.2, 0) is 4.74 Å². The van der Waals surface area contributed by atoms with Gasteiger partial charge in [-0.3, -0.25) is 4.79 Å². The highest BCUT2D eigenvalue weighted by molar-refractivity contribution is 5.88. The van der Waals surface area contributed by atoms with Gasteiger partial charge in [0.15, 0.2) is 6.10 Å². The highest BCUT2D eigenvalue weighted by atomic mass is 16.5. The van der Waals surface area contributed by atoms with Crippen molar-refractivity contribution in [3.8, 4) is 6.07 Å². The predicted octanol–water partition coefficient (Wildman–Crippen LogP) is 0.234. The number of H-pyrrole nitrogens is 1. The average molecular weight is 271 g/mol. The normalized spacial score (nSPS) is 18.9. The number of nitriles is 1. The Balaban J connectivity index is 2.06. The van der Waals surface area contributed by atoms with E-state index in [2.05, 4.69) is 16.0 Å². The molecule has 102 valence electrons. The van der Waals surface area contributed by atoms with Crippen LogP contribution in [0.2, 0.25) is 0 Å². The van der Waals surface area contributed by atoms with Gasteiger partial charge in [-0.1, -0.05) is 0 Å². The summed E-state index contributed by atoms with van der Waals surface area (Å²) in [5.74, 6) is 0. The van der Waals surface area contributed by atoms with E-state index < -0.39 is 6.10 Å². The molecule has 3 rings (SSSR count). The van der Waals surface area contributed by atoms with Gasteiger partial charge in [-0.05, 0) is 12.1 Å². The third kappa shape index (κ3) is 2.06. The van der Waals surface area contributed by atoms with Gasteiger partial charge in [-0.2, -0.15) is 5.26 Å². The minimum absolute atomic E-state index is 0.217. The van der Waals surface area contributed by atoms with Gasteiger partial charge in [0.25, 0.3) is 5.56 Å². The predicted molar refractivity (Wildman–Crippen MR) is 74.3 cm³/mol. The molecule has 0 spiro atoms. The number of rotatable bonds is 1. The molecule has 0 radical (unpaired) electrons. The Kier molecular flexibility index (Phi) is 3.00. The number of nitrogens with two attached hydrogens (primary N) is 1. The van der Waals surface area contributed by atoms with Crippen LogP contribution in [0.25, 0.3) is 10.9 Å². The standard InChI is InChI=1S/C13H13N5O2/c14-5-8-6-18(1-2-20-8)12-4-11-9(3-10(12)15)13(19)17-7-16-11/h3-4,7-8H,1-2,6,15H2,(H,16,17,19). The van der Waals surface area contributed by atoms with Gasteiger partial charge in [-0.25, -0.2) is 4.98 Å². The summed E-state index contributed by atoms with van der Waals surface area (Å²) in [6.45, 7) is 1.57. The van der Waals surface area contributed by atoms with Crippen LogP contribution >= 0.6 is 0 Å². The van der Waals surface area contributed by atoms with E-state index in [9.17, 15) is 4.79 Å². The van der Waals surface area contributed by atoms with E-state index >= 15 is 0 Å². The quantitative estimate of drug-likeness (QED) is 0.719. The monoisotopic (exact) mass is 271 g/mol. The second kappa shape index (κ2) is 4.83. The van der Waals surface area contributed by atoms with Gasteiger partial charge in [-0.15, -0.1) is 0 Å². The summed E-state index contributed by atoms with van der Waals surface area (Å²) in [7, 11) is 0. The molecule has 7 nitrogen and oxygen atoms in total. The number of nitrogens with zero attached hydrogens (tertiary/aromatic N) is 3. The molecule has 20 heavy (non-hydrogen) atoms. The second-order valence-electron chi connectivity index (χ2n) is 4.59. The zero-order chi connectivity index (χ0) is 14.1. The Bertz CT molecular complexity index is 748. The Morgan fingerprint density at radius 1 is 1.55 bits per heavy atom. The smallest absolute Gasteiger partial charge is 0.258 e. The Hall–Kier alpha value is -2.59. The van der Waals surface area contributed by atoms with Crippen molar-refractivity contribution in [1.82, 2.24) is 9.97 Å². The molecular formula is C13H13N5O2. The van der Waals surface area contributed by atoms with Crippen molar-refractivity contribution in [2.45, 2.75) is 6.10 Å². The van der Waals surface area contributed by atoms with Crippen LogP contribution in [0.15, 0.2) is 23.3 Å². The number of ether oxygens (including phenoxy) is 1. The molecule has 2 heterocycles. The van der Waals surface area contributed by atoms with Gasteiger partial charge in [0.2, 0.25) is 0 Å². The largest absolute Gasteiger partial charge is 0.397 e. The first-order chi connectivity index (χ1) is 9.69. The number of anilines is 2. The van der Waals surface area contributed by atoms with E-state index in [-0.39, 0.29) is 5.56 Å². The topological polar surface area (TPSA) is 108 Å². The van der Waals surface area contributed by atoms with Crippen molar-refractivity contribution >= 4 is 22.3 Å². The molecule has 0 saturated carbocycles. The van der Waals surface area contributed by atoms with E-state index in [0.717, 1.165) is 5.69 Å². The molecule has 1 fully saturated rings. The van der Waals surface area contributed by atoms with Gasteiger partial charge in [0, 0.05) is 6.54 Å². The van der Waals surface area contributed by atoms with Crippen LogP contribution in [-0.4, -0.2) is 35.8 Å². The molecule has 2 aromatic rings. The molecule has 0 aliphatic carbocycles. The van der Waals surface area contributed by atoms with Crippen molar-refractivity contribution in [2.24, 2.45) is 0 Å². The molecule has 1 atom stereocenters. The summed E-state index contributed by atoms with van der Waals surface area (Å²) >= 11 is 0. The van der Waals surface area contributed by atoms with Crippen LogP contribution in [0.5, 0.6) is 0 Å². The average Bonchev–Trinajstić information content (AvgIpc) is 2.48. The number of aromatic nitrogens is 2. The summed E-state index contributed by atoms with van der Waals surface area (Å²) < 4.78 is 5.31. The summed E-state index contributed by atoms with van der Waals surface area (Å²) in [4.78, 5) is 20.3. The molecular weight excluding hydrogens is 258 g/mol. The molecule has 1 aliphatic rings. The molecule has 7 heteroatoms. The van der Waals surface area contributed by atoms with Crippen LogP contribution in [0.4, 0.5) is 11.4 Å². The lowest BCUT2D eigenvalue weighted by atomic mass is 10.1. The fourth-order valence-corrected chi connectivity index (χ4v) is 2.34. The van der Waals surface area contributed by atoms with Crippen molar-refractivity contribution in [3.63, 3.8) is 0 Å². The minimum Gasteiger partial charge on any atom is -0.397 e. The zero-order valence-electron chi connectivity index (χ0n) is 10.7.